The molecule has 5 nitrogen and oxygen atoms in total. The minimum absolute atomic E-state index is 0.0412. The third kappa shape index (κ3) is 6.46. The molecule has 1 unspecified atom stereocenters. The molecule has 0 spiro atoms. The molecule has 6 atom stereocenters. The molecular weight excluding hydrogens is 536 g/mol. The van der Waals surface area contributed by atoms with Crippen LogP contribution in [0.2, 0.25) is 0 Å². The lowest BCUT2D eigenvalue weighted by Gasteiger charge is -2.68. The number of esters is 2. The van der Waals surface area contributed by atoms with Crippen molar-refractivity contribution in [2.24, 2.45) is 28.1 Å². The van der Waals surface area contributed by atoms with Crippen molar-refractivity contribution in [1.29, 1.82) is 0 Å². The van der Waals surface area contributed by atoms with E-state index in [0.29, 0.717) is 44.6 Å². The van der Waals surface area contributed by atoms with Crippen molar-refractivity contribution in [3.63, 3.8) is 0 Å². The van der Waals surface area contributed by atoms with Crippen molar-refractivity contribution in [3.05, 3.63) is 47.5 Å². The maximum absolute atomic E-state index is 13.4. The predicted octanol–water partition coefficient (Wildman–Crippen LogP) is 7.74. The first kappa shape index (κ1) is 31.8. The van der Waals surface area contributed by atoms with Gasteiger partial charge in [-0.15, -0.1) is 5.92 Å². The number of aryl methyl sites for hydroxylation is 1. The Bertz CT molecular complexity index is 1250. The molecule has 43 heavy (non-hydrogen) atoms. The molecule has 0 saturated heterocycles. The molecule has 2 saturated carbocycles. The van der Waals surface area contributed by atoms with Crippen LogP contribution in [-0.2, 0) is 25.5 Å². The molecule has 1 aromatic rings. The van der Waals surface area contributed by atoms with Crippen LogP contribution in [0.15, 0.2) is 42.0 Å². The number of fused-ring (bicyclic) bond motifs is 4. The normalized spacial score (nSPS) is 33.8. The van der Waals surface area contributed by atoms with Gasteiger partial charge in [0.15, 0.2) is 0 Å². The Morgan fingerprint density at radius 3 is 2.53 bits per heavy atom. The SMILES string of the molecule is C[C@H](CCCc1ccccc1)CCC[C@]12CCCC(C)(C)C1[C@@H]1C[C@](C)(C#CCCC(=O)O1)[C@]2(O)CCC1=CC(=O)OC1. The van der Waals surface area contributed by atoms with Gasteiger partial charge in [-0.3, -0.25) is 4.79 Å². The number of aliphatic hydroxyl groups is 1. The van der Waals surface area contributed by atoms with Gasteiger partial charge >= 0.3 is 11.9 Å². The Morgan fingerprint density at radius 2 is 1.79 bits per heavy atom. The molecule has 4 aliphatic rings. The van der Waals surface area contributed by atoms with E-state index in [2.05, 4.69) is 69.9 Å². The van der Waals surface area contributed by atoms with E-state index in [4.69, 9.17) is 9.47 Å². The summed E-state index contributed by atoms with van der Waals surface area (Å²) in [5.41, 5.74) is -0.00767. The number of cyclic esters (lactones) is 1. The second kappa shape index (κ2) is 12.8. The maximum Gasteiger partial charge on any atom is 0.331 e. The minimum atomic E-state index is -1.09. The van der Waals surface area contributed by atoms with E-state index in [1.807, 2.05) is 0 Å². The molecule has 1 N–H and O–H groups in total. The number of hydrogen-bond donors (Lipinski definition) is 1. The van der Waals surface area contributed by atoms with E-state index in [1.54, 1.807) is 6.08 Å². The molecule has 2 heterocycles. The molecule has 1 aromatic carbocycles. The molecular formula is C38H52O5. The van der Waals surface area contributed by atoms with Crippen molar-refractivity contribution >= 4 is 11.9 Å². The summed E-state index contributed by atoms with van der Waals surface area (Å²) in [6.45, 7) is 9.42. The topological polar surface area (TPSA) is 72.8 Å². The van der Waals surface area contributed by atoms with Crippen molar-refractivity contribution < 1.29 is 24.2 Å². The summed E-state index contributed by atoms with van der Waals surface area (Å²) >= 11 is 0. The Kier molecular flexibility index (Phi) is 9.48. The first-order valence-electron chi connectivity index (χ1n) is 16.8. The smallest absolute Gasteiger partial charge is 0.331 e. The third-order valence-electron chi connectivity index (χ3n) is 11.6. The fourth-order valence-corrected chi connectivity index (χ4v) is 9.52. The summed E-state index contributed by atoms with van der Waals surface area (Å²) in [6.07, 6.45) is 13.2. The van der Waals surface area contributed by atoms with Gasteiger partial charge in [-0.2, -0.15) is 0 Å². The van der Waals surface area contributed by atoms with Crippen molar-refractivity contribution in [2.75, 3.05) is 6.61 Å². The minimum Gasteiger partial charge on any atom is -0.462 e. The lowest BCUT2D eigenvalue weighted by Crippen LogP contribution is -2.71. The average Bonchev–Trinajstić information content (AvgIpc) is 3.40. The van der Waals surface area contributed by atoms with Crippen molar-refractivity contribution in [1.82, 2.24) is 0 Å². The Hall–Kier alpha value is -2.58. The van der Waals surface area contributed by atoms with Gasteiger partial charge in [0.25, 0.3) is 0 Å². The molecule has 2 aliphatic heterocycles. The average molecular weight is 589 g/mol. The monoisotopic (exact) mass is 588 g/mol. The second-order valence-corrected chi connectivity index (χ2v) is 15.0. The summed E-state index contributed by atoms with van der Waals surface area (Å²) in [4.78, 5) is 24.9. The highest BCUT2D eigenvalue weighted by atomic mass is 16.5. The van der Waals surface area contributed by atoms with Gasteiger partial charge in [-0.25, -0.2) is 4.79 Å². The predicted molar refractivity (Wildman–Crippen MR) is 169 cm³/mol. The van der Waals surface area contributed by atoms with E-state index in [-0.39, 0.29) is 29.4 Å². The van der Waals surface area contributed by atoms with Gasteiger partial charge in [0.05, 0.1) is 17.4 Å². The van der Waals surface area contributed by atoms with E-state index in [1.165, 1.54) is 18.4 Å². The zero-order chi connectivity index (χ0) is 30.7. The fraction of sp³-hybridized carbons (Fsp3) is 0.684. The molecule has 5 rings (SSSR count). The van der Waals surface area contributed by atoms with Crippen LogP contribution in [-0.4, -0.2) is 35.4 Å². The van der Waals surface area contributed by atoms with Crippen LogP contribution < -0.4 is 0 Å². The number of benzene rings is 1. The van der Waals surface area contributed by atoms with E-state index in [9.17, 15) is 14.7 Å². The van der Waals surface area contributed by atoms with Gasteiger partial charge in [0.1, 0.15) is 12.7 Å². The Morgan fingerprint density at radius 1 is 1.02 bits per heavy atom. The van der Waals surface area contributed by atoms with Gasteiger partial charge in [-0.05, 0) is 74.3 Å². The van der Waals surface area contributed by atoms with Crippen LogP contribution in [0.4, 0.5) is 0 Å². The first-order valence-corrected chi connectivity index (χ1v) is 16.8. The summed E-state index contributed by atoms with van der Waals surface area (Å²) < 4.78 is 11.6. The quantitative estimate of drug-likeness (QED) is 0.211. The third-order valence-corrected chi connectivity index (χ3v) is 11.6. The molecule has 2 fully saturated rings. The van der Waals surface area contributed by atoms with E-state index in [0.717, 1.165) is 50.5 Å². The van der Waals surface area contributed by atoms with Gasteiger partial charge in [0, 0.05) is 30.3 Å². The van der Waals surface area contributed by atoms with E-state index >= 15 is 0 Å². The highest BCUT2D eigenvalue weighted by Gasteiger charge is 2.71. The molecule has 0 radical (unpaired) electrons. The zero-order valence-corrected chi connectivity index (χ0v) is 26.9. The van der Waals surface area contributed by atoms with Gasteiger partial charge in [0.2, 0.25) is 0 Å². The van der Waals surface area contributed by atoms with Crippen LogP contribution in [0.5, 0.6) is 0 Å². The molecule has 0 amide bonds. The molecule has 2 bridgehead atoms. The van der Waals surface area contributed by atoms with Crippen LogP contribution in [0.25, 0.3) is 0 Å². The standard InChI is InChI=1S/C38H52O5/c1-28(13-10-17-29-15-6-5-7-16-29)14-11-22-37-23-12-20-35(2,3)34(37)31-26-36(4,21-9-8-18-32(39)43-31)38(37,41)24-19-30-25-33(40)42-27-30/h5-7,15-16,25,28,31,34,41H,8,10-14,17-20,22-24,26-27H2,1-4H3/t28-,31+,34?,36+,37+,38-/m1/s1. The molecule has 234 valence electrons. The second-order valence-electron chi connectivity index (χ2n) is 15.0. The largest absolute Gasteiger partial charge is 0.462 e. The highest BCUT2D eigenvalue weighted by Crippen LogP contribution is 2.69. The lowest BCUT2D eigenvalue weighted by atomic mass is 9.38. The van der Waals surface area contributed by atoms with Crippen LogP contribution >= 0.6 is 0 Å². The zero-order valence-electron chi connectivity index (χ0n) is 26.9. The summed E-state index contributed by atoms with van der Waals surface area (Å²) in [5.74, 6) is 7.01. The summed E-state index contributed by atoms with van der Waals surface area (Å²) in [6, 6.07) is 10.7. The fourth-order valence-electron chi connectivity index (χ4n) is 9.52. The molecule has 2 aliphatic carbocycles. The number of carbonyl (C=O) groups excluding carboxylic acids is 2. The van der Waals surface area contributed by atoms with Gasteiger partial charge < -0.3 is 14.6 Å². The summed E-state index contributed by atoms with van der Waals surface area (Å²) in [7, 11) is 0. The maximum atomic E-state index is 13.4. The lowest BCUT2D eigenvalue weighted by molar-refractivity contribution is -0.276. The number of hydrogen-bond acceptors (Lipinski definition) is 5. The number of ether oxygens (including phenoxy) is 2. The van der Waals surface area contributed by atoms with Crippen LogP contribution in [0, 0.1) is 39.9 Å². The number of carbonyl (C=O) groups is 2. The Labute approximate surface area is 259 Å². The Balaban J connectivity index is 1.43. The molecule has 0 aromatic heterocycles. The van der Waals surface area contributed by atoms with E-state index < -0.39 is 16.4 Å². The van der Waals surface area contributed by atoms with Gasteiger partial charge in [-0.1, -0.05) is 82.7 Å². The highest BCUT2D eigenvalue weighted by molar-refractivity contribution is 5.85. The van der Waals surface area contributed by atoms with Crippen molar-refractivity contribution in [3.8, 4) is 11.8 Å². The van der Waals surface area contributed by atoms with Crippen LogP contribution in [0.1, 0.15) is 117 Å². The van der Waals surface area contributed by atoms with Crippen LogP contribution in [0.3, 0.4) is 0 Å². The first-order chi connectivity index (χ1) is 20.5. The van der Waals surface area contributed by atoms with Crippen molar-refractivity contribution in [2.45, 2.75) is 129 Å². The molecule has 5 heteroatoms. The summed E-state index contributed by atoms with van der Waals surface area (Å²) in [5, 5.41) is 13.4. The number of rotatable bonds is 11.